The molecule has 0 saturated heterocycles. The van der Waals surface area contributed by atoms with E-state index in [1.807, 2.05) is 0 Å². The first-order valence-corrected chi connectivity index (χ1v) is 4.78. The van der Waals surface area contributed by atoms with E-state index in [0.717, 1.165) is 25.3 Å². The number of hydrogen-bond donors (Lipinski definition) is 0. The number of benzene rings is 1. The van der Waals surface area contributed by atoms with Gasteiger partial charge >= 0.3 is 0 Å². The Morgan fingerprint density at radius 3 is 3.08 bits per heavy atom. The Kier molecular flexibility index (Phi) is 2.13. The third-order valence-corrected chi connectivity index (χ3v) is 2.53. The molecule has 0 N–H and O–H groups in total. The van der Waals surface area contributed by atoms with Crippen LogP contribution in [0, 0.1) is 0 Å². The van der Waals surface area contributed by atoms with Crippen molar-refractivity contribution >= 4 is 5.69 Å². The van der Waals surface area contributed by atoms with Crippen molar-refractivity contribution in [1.82, 2.24) is 0 Å². The lowest BCUT2D eigenvalue weighted by Gasteiger charge is -2.27. The van der Waals surface area contributed by atoms with Gasteiger partial charge in [-0.05, 0) is 24.1 Å². The minimum absolute atomic E-state index is 0.802. The average molecular weight is 177 g/mol. The minimum atomic E-state index is 0.802. The summed E-state index contributed by atoms with van der Waals surface area (Å²) >= 11 is 0. The van der Waals surface area contributed by atoms with E-state index in [2.05, 4.69) is 37.1 Å². The molecule has 0 fully saturated rings. The van der Waals surface area contributed by atoms with Gasteiger partial charge in [-0.2, -0.15) is 0 Å². The zero-order valence-electron chi connectivity index (χ0n) is 8.21. The number of aryl methyl sites for hydroxylation is 1. The molecule has 1 aromatic carbocycles. The Morgan fingerprint density at radius 1 is 1.46 bits per heavy atom. The molecule has 13 heavy (non-hydrogen) atoms. The molecule has 0 aliphatic carbocycles. The zero-order chi connectivity index (χ0) is 9.26. The van der Waals surface area contributed by atoms with Gasteiger partial charge in [0, 0.05) is 7.05 Å². The highest BCUT2D eigenvalue weighted by molar-refractivity contribution is 5.60. The lowest BCUT2D eigenvalue weighted by Crippen LogP contribution is -2.28. The first-order valence-electron chi connectivity index (χ1n) is 4.78. The van der Waals surface area contributed by atoms with Crippen LogP contribution in [0.2, 0.25) is 0 Å². The van der Waals surface area contributed by atoms with Crippen molar-refractivity contribution in [3.05, 3.63) is 23.8 Å². The lowest BCUT2D eigenvalue weighted by atomic mass is 10.1. The Labute approximate surface area is 79.1 Å². The summed E-state index contributed by atoms with van der Waals surface area (Å²) < 4.78 is 5.59. The van der Waals surface area contributed by atoms with E-state index in [1.54, 1.807) is 0 Å². The van der Waals surface area contributed by atoms with Crippen LogP contribution in [0.3, 0.4) is 0 Å². The zero-order valence-corrected chi connectivity index (χ0v) is 8.21. The molecule has 1 aromatic rings. The summed E-state index contributed by atoms with van der Waals surface area (Å²) in [6, 6.07) is 6.46. The highest BCUT2D eigenvalue weighted by atomic mass is 16.5. The fourth-order valence-electron chi connectivity index (χ4n) is 1.62. The third kappa shape index (κ3) is 1.48. The van der Waals surface area contributed by atoms with Crippen molar-refractivity contribution in [1.29, 1.82) is 0 Å². The second-order valence-electron chi connectivity index (χ2n) is 3.43. The molecule has 0 spiro atoms. The molecular formula is C11H15NO. The molecule has 2 nitrogen and oxygen atoms in total. The Bertz CT molecular complexity index is 309. The fourth-order valence-corrected chi connectivity index (χ4v) is 1.62. The van der Waals surface area contributed by atoms with Gasteiger partial charge in [0.05, 0.1) is 12.2 Å². The molecule has 0 atom stereocenters. The second-order valence-corrected chi connectivity index (χ2v) is 3.43. The largest absolute Gasteiger partial charge is 0.490 e. The van der Waals surface area contributed by atoms with Crippen LogP contribution in [-0.2, 0) is 6.42 Å². The highest BCUT2D eigenvalue weighted by Crippen LogP contribution is 2.31. The summed E-state index contributed by atoms with van der Waals surface area (Å²) in [6.45, 7) is 3.95. The van der Waals surface area contributed by atoms with Gasteiger partial charge in [-0.25, -0.2) is 0 Å². The quantitative estimate of drug-likeness (QED) is 0.651. The van der Waals surface area contributed by atoms with Crippen molar-refractivity contribution in [2.45, 2.75) is 13.3 Å². The van der Waals surface area contributed by atoms with Crippen molar-refractivity contribution in [2.75, 3.05) is 25.1 Å². The van der Waals surface area contributed by atoms with E-state index >= 15 is 0 Å². The van der Waals surface area contributed by atoms with Gasteiger partial charge in [-0.3, -0.25) is 0 Å². The van der Waals surface area contributed by atoms with Gasteiger partial charge in [0.25, 0.3) is 0 Å². The number of anilines is 1. The number of hydrogen-bond acceptors (Lipinski definition) is 2. The van der Waals surface area contributed by atoms with E-state index in [9.17, 15) is 0 Å². The van der Waals surface area contributed by atoms with Gasteiger partial charge in [0.15, 0.2) is 0 Å². The Hall–Kier alpha value is -1.18. The van der Waals surface area contributed by atoms with Crippen LogP contribution in [-0.4, -0.2) is 20.2 Å². The Balaban J connectivity index is 2.39. The summed E-state index contributed by atoms with van der Waals surface area (Å²) in [4.78, 5) is 2.23. The van der Waals surface area contributed by atoms with E-state index < -0.39 is 0 Å². The number of fused-ring (bicyclic) bond motifs is 1. The molecule has 2 rings (SSSR count). The van der Waals surface area contributed by atoms with Gasteiger partial charge in [0.2, 0.25) is 0 Å². The van der Waals surface area contributed by atoms with Crippen LogP contribution in [0.15, 0.2) is 18.2 Å². The number of rotatable bonds is 1. The van der Waals surface area contributed by atoms with Gasteiger partial charge in [0.1, 0.15) is 12.4 Å². The third-order valence-electron chi connectivity index (χ3n) is 2.53. The van der Waals surface area contributed by atoms with Crippen molar-refractivity contribution in [3.63, 3.8) is 0 Å². The van der Waals surface area contributed by atoms with Crippen LogP contribution in [0.25, 0.3) is 0 Å². The molecule has 0 saturated carbocycles. The van der Waals surface area contributed by atoms with Crippen molar-refractivity contribution in [2.24, 2.45) is 0 Å². The highest BCUT2D eigenvalue weighted by Gasteiger charge is 2.13. The van der Waals surface area contributed by atoms with Gasteiger partial charge < -0.3 is 9.64 Å². The minimum Gasteiger partial charge on any atom is -0.490 e. The van der Waals surface area contributed by atoms with E-state index in [1.165, 1.54) is 11.3 Å². The molecule has 0 radical (unpaired) electrons. The Morgan fingerprint density at radius 2 is 2.31 bits per heavy atom. The average Bonchev–Trinajstić information content (AvgIpc) is 2.18. The van der Waals surface area contributed by atoms with Crippen LogP contribution < -0.4 is 9.64 Å². The van der Waals surface area contributed by atoms with E-state index in [4.69, 9.17) is 4.74 Å². The number of ether oxygens (including phenoxy) is 1. The van der Waals surface area contributed by atoms with E-state index in [0.29, 0.717) is 0 Å². The molecule has 1 heterocycles. The molecule has 1 aliphatic rings. The fraction of sp³-hybridized carbons (Fsp3) is 0.455. The standard InChI is InChI=1S/C11H15NO/c1-3-9-4-5-10-11(8-9)13-7-6-12(10)2/h4-5,8H,3,6-7H2,1-2H3. The van der Waals surface area contributed by atoms with Gasteiger partial charge in [-0.1, -0.05) is 13.0 Å². The summed E-state index contributed by atoms with van der Waals surface area (Å²) in [5, 5.41) is 0. The van der Waals surface area contributed by atoms with Crippen molar-refractivity contribution in [3.8, 4) is 5.75 Å². The first-order chi connectivity index (χ1) is 6.31. The van der Waals surface area contributed by atoms with Crippen LogP contribution >= 0.6 is 0 Å². The summed E-state index contributed by atoms with van der Waals surface area (Å²) in [7, 11) is 2.10. The van der Waals surface area contributed by atoms with Crippen LogP contribution in [0.1, 0.15) is 12.5 Å². The molecule has 0 bridgehead atoms. The number of likely N-dealkylation sites (N-methyl/N-ethyl adjacent to an activating group) is 1. The molecule has 1 aliphatic heterocycles. The summed E-state index contributed by atoms with van der Waals surface area (Å²) in [5.74, 6) is 1.04. The van der Waals surface area contributed by atoms with Crippen LogP contribution in [0.4, 0.5) is 5.69 Å². The molecule has 70 valence electrons. The number of nitrogens with zero attached hydrogens (tertiary/aromatic N) is 1. The van der Waals surface area contributed by atoms with Crippen LogP contribution in [0.5, 0.6) is 5.75 Å². The van der Waals surface area contributed by atoms with E-state index in [-0.39, 0.29) is 0 Å². The smallest absolute Gasteiger partial charge is 0.142 e. The molecule has 2 heteroatoms. The topological polar surface area (TPSA) is 12.5 Å². The first kappa shape index (κ1) is 8.42. The molecule has 0 aromatic heterocycles. The predicted molar refractivity (Wildman–Crippen MR) is 54.6 cm³/mol. The predicted octanol–water partition coefficient (Wildman–Crippen LogP) is 2.08. The monoisotopic (exact) mass is 177 g/mol. The van der Waals surface area contributed by atoms with Crippen molar-refractivity contribution < 1.29 is 4.74 Å². The van der Waals surface area contributed by atoms with Gasteiger partial charge in [-0.15, -0.1) is 0 Å². The maximum absolute atomic E-state index is 5.59. The molecular weight excluding hydrogens is 162 g/mol. The molecule has 0 unspecified atom stereocenters. The lowest BCUT2D eigenvalue weighted by molar-refractivity contribution is 0.311. The molecule has 0 amide bonds. The summed E-state index contributed by atoms with van der Waals surface area (Å²) in [5.41, 5.74) is 2.55. The summed E-state index contributed by atoms with van der Waals surface area (Å²) in [6.07, 6.45) is 1.07. The maximum Gasteiger partial charge on any atom is 0.142 e. The maximum atomic E-state index is 5.59. The SMILES string of the molecule is CCc1ccc2c(c1)OCCN2C. The normalized spacial score (nSPS) is 15.1. The second kappa shape index (κ2) is 3.29.